The van der Waals surface area contributed by atoms with Crippen molar-refractivity contribution in [1.82, 2.24) is 4.90 Å². The van der Waals surface area contributed by atoms with E-state index in [1.54, 1.807) is 0 Å². The van der Waals surface area contributed by atoms with Crippen LogP contribution >= 0.6 is 0 Å². The van der Waals surface area contributed by atoms with E-state index in [0.29, 0.717) is 13.2 Å². The van der Waals surface area contributed by atoms with Crippen molar-refractivity contribution in [2.24, 2.45) is 0 Å². The number of carbonyl (C=O) groups excluding carboxylic acids is 1. The minimum atomic E-state index is -0.168. The minimum Gasteiger partial charge on any atom is -0.379 e. The first-order valence-corrected chi connectivity index (χ1v) is 8.44. The molecule has 1 amide bonds. The molecule has 0 bridgehead atoms. The molecule has 1 atom stereocenters. The summed E-state index contributed by atoms with van der Waals surface area (Å²) in [4.78, 5) is 14.8. The van der Waals surface area contributed by atoms with Gasteiger partial charge in [-0.15, -0.1) is 0 Å². The van der Waals surface area contributed by atoms with E-state index in [1.165, 1.54) is 5.56 Å². The van der Waals surface area contributed by atoms with Crippen LogP contribution in [0.2, 0.25) is 0 Å². The number of carbonyl (C=O) groups is 1. The number of hydrogen-bond donors (Lipinski definition) is 1. The Morgan fingerprint density at radius 3 is 2.54 bits per heavy atom. The molecule has 2 aromatic carbocycles. The molecule has 1 aliphatic rings. The summed E-state index contributed by atoms with van der Waals surface area (Å²) >= 11 is 0. The van der Waals surface area contributed by atoms with Crippen molar-refractivity contribution in [3.63, 3.8) is 0 Å². The van der Waals surface area contributed by atoms with Gasteiger partial charge in [0, 0.05) is 24.3 Å². The normalized spacial score (nSPS) is 16.6. The van der Waals surface area contributed by atoms with Gasteiger partial charge in [-0.1, -0.05) is 42.0 Å². The van der Waals surface area contributed by atoms with Crippen molar-refractivity contribution in [1.29, 1.82) is 0 Å². The van der Waals surface area contributed by atoms with E-state index in [9.17, 15) is 4.79 Å². The van der Waals surface area contributed by atoms with Gasteiger partial charge in [0.2, 0.25) is 5.91 Å². The molecular formula is C20H24N2O2. The minimum absolute atomic E-state index is 0.0259. The molecule has 2 aromatic rings. The highest BCUT2D eigenvalue weighted by Crippen LogP contribution is 2.29. The van der Waals surface area contributed by atoms with Crippen LogP contribution in [0.4, 0.5) is 5.69 Å². The molecular weight excluding hydrogens is 300 g/mol. The summed E-state index contributed by atoms with van der Waals surface area (Å²) in [6.45, 7) is 7.00. The van der Waals surface area contributed by atoms with Crippen LogP contribution < -0.4 is 5.32 Å². The number of rotatable bonds is 4. The highest BCUT2D eigenvalue weighted by atomic mass is 16.5. The third-order valence-electron chi connectivity index (χ3n) is 4.49. The lowest BCUT2D eigenvalue weighted by Crippen LogP contribution is -2.47. The summed E-state index contributed by atoms with van der Waals surface area (Å²) in [6.07, 6.45) is 0. The lowest BCUT2D eigenvalue weighted by Gasteiger charge is -2.31. The molecule has 24 heavy (non-hydrogen) atoms. The van der Waals surface area contributed by atoms with Gasteiger partial charge in [0.25, 0.3) is 0 Å². The van der Waals surface area contributed by atoms with Crippen molar-refractivity contribution in [3.8, 4) is 11.1 Å². The first-order chi connectivity index (χ1) is 11.6. The Balaban J connectivity index is 1.80. The zero-order valence-electron chi connectivity index (χ0n) is 14.3. The quantitative estimate of drug-likeness (QED) is 0.938. The fraction of sp³-hybridized carbons (Fsp3) is 0.350. The van der Waals surface area contributed by atoms with Gasteiger partial charge in [0.05, 0.1) is 19.3 Å². The van der Waals surface area contributed by atoms with Crippen LogP contribution in [0, 0.1) is 6.92 Å². The summed E-state index contributed by atoms with van der Waals surface area (Å²) < 4.78 is 5.36. The fourth-order valence-corrected chi connectivity index (χ4v) is 2.99. The van der Waals surface area contributed by atoms with Crippen LogP contribution in [0.15, 0.2) is 48.5 Å². The van der Waals surface area contributed by atoms with Crippen LogP contribution in [0.25, 0.3) is 11.1 Å². The standard InChI is InChI=1S/C20H24N2O2/c1-15-8-9-19(18(14-15)17-6-4-3-5-7-17)21-20(23)16(2)22-10-12-24-13-11-22/h3-9,14,16H,10-13H2,1-2H3,(H,21,23). The van der Waals surface area contributed by atoms with Crippen molar-refractivity contribution in [3.05, 3.63) is 54.1 Å². The molecule has 0 aromatic heterocycles. The second-order valence-corrected chi connectivity index (χ2v) is 6.23. The van der Waals surface area contributed by atoms with E-state index < -0.39 is 0 Å². The average molecular weight is 324 g/mol. The topological polar surface area (TPSA) is 41.6 Å². The monoisotopic (exact) mass is 324 g/mol. The van der Waals surface area contributed by atoms with Crippen LogP contribution in [-0.4, -0.2) is 43.2 Å². The third kappa shape index (κ3) is 3.83. The molecule has 3 rings (SSSR count). The van der Waals surface area contributed by atoms with Gasteiger partial charge in [-0.3, -0.25) is 9.69 Å². The molecule has 0 aliphatic carbocycles. The van der Waals surface area contributed by atoms with Gasteiger partial charge in [-0.05, 0) is 31.5 Å². The van der Waals surface area contributed by atoms with E-state index in [2.05, 4.69) is 35.3 Å². The molecule has 1 fully saturated rings. The zero-order valence-corrected chi connectivity index (χ0v) is 14.3. The van der Waals surface area contributed by atoms with Gasteiger partial charge in [-0.25, -0.2) is 0 Å². The van der Waals surface area contributed by atoms with Gasteiger partial charge in [-0.2, -0.15) is 0 Å². The third-order valence-corrected chi connectivity index (χ3v) is 4.49. The molecule has 1 unspecified atom stereocenters. The Bertz CT molecular complexity index is 694. The van der Waals surface area contributed by atoms with Gasteiger partial charge in [0.15, 0.2) is 0 Å². The molecule has 0 spiro atoms. The van der Waals surface area contributed by atoms with Crippen molar-refractivity contribution >= 4 is 11.6 Å². The van der Waals surface area contributed by atoms with Crippen LogP contribution in [0.5, 0.6) is 0 Å². The average Bonchev–Trinajstić information content (AvgIpc) is 2.64. The summed E-state index contributed by atoms with van der Waals surface area (Å²) in [5, 5.41) is 3.11. The Hall–Kier alpha value is -2.17. The number of aryl methyl sites for hydroxylation is 1. The fourth-order valence-electron chi connectivity index (χ4n) is 2.99. The maximum Gasteiger partial charge on any atom is 0.241 e. The van der Waals surface area contributed by atoms with Gasteiger partial charge in [0.1, 0.15) is 0 Å². The highest BCUT2D eigenvalue weighted by Gasteiger charge is 2.23. The van der Waals surface area contributed by atoms with Crippen molar-refractivity contribution in [2.45, 2.75) is 19.9 Å². The molecule has 1 aliphatic heterocycles. The van der Waals surface area contributed by atoms with Gasteiger partial charge >= 0.3 is 0 Å². The first-order valence-electron chi connectivity index (χ1n) is 8.44. The second-order valence-electron chi connectivity index (χ2n) is 6.23. The maximum absolute atomic E-state index is 12.7. The number of ether oxygens (including phenoxy) is 1. The molecule has 1 heterocycles. The van der Waals surface area contributed by atoms with E-state index in [0.717, 1.165) is 29.9 Å². The molecule has 0 radical (unpaired) electrons. The van der Waals surface area contributed by atoms with E-state index >= 15 is 0 Å². The largest absolute Gasteiger partial charge is 0.379 e. The molecule has 1 saturated heterocycles. The lowest BCUT2D eigenvalue weighted by atomic mass is 10.0. The van der Waals surface area contributed by atoms with Gasteiger partial charge < -0.3 is 10.1 Å². The Labute approximate surface area is 143 Å². The Morgan fingerprint density at radius 2 is 1.83 bits per heavy atom. The predicted molar refractivity (Wildman–Crippen MR) is 97.1 cm³/mol. The maximum atomic E-state index is 12.7. The van der Waals surface area contributed by atoms with Crippen molar-refractivity contribution in [2.75, 3.05) is 31.6 Å². The predicted octanol–water partition coefficient (Wildman–Crippen LogP) is 3.32. The number of morpholine rings is 1. The molecule has 1 N–H and O–H groups in total. The molecule has 4 heteroatoms. The number of hydrogen-bond acceptors (Lipinski definition) is 3. The molecule has 4 nitrogen and oxygen atoms in total. The van der Waals surface area contributed by atoms with E-state index in [1.807, 2.05) is 37.3 Å². The van der Waals surface area contributed by atoms with Crippen LogP contribution in [0.1, 0.15) is 12.5 Å². The number of benzene rings is 2. The van der Waals surface area contributed by atoms with Crippen LogP contribution in [0.3, 0.4) is 0 Å². The van der Waals surface area contributed by atoms with E-state index in [-0.39, 0.29) is 11.9 Å². The molecule has 126 valence electrons. The summed E-state index contributed by atoms with van der Waals surface area (Å²) in [7, 11) is 0. The molecule has 0 saturated carbocycles. The van der Waals surface area contributed by atoms with Crippen molar-refractivity contribution < 1.29 is 9.53 Å². The smallest absolute Gasteiger partial charge is 0.241 e. The number of anilines is 1. The lowest BCUT2D eigenvalue weighted by molar-refractivity contribution is -0.122. The Morgan fingerprint density at radius 1 is 1.12 bits per heavy atom. The number of nitrogens with zero attached hydrogens (tertiary/aromatic N) is 1. The van der Waals surface area contributed by atoms with Crippen LogP contribution in [-0.2, 0) is 9.53 Å². The summed E-state index contributed by atoms with van der Waals surface area (Å²) in [5.74, 6) is 0.0259. The summed E-state index contributed by atoms with van der Waals surface area (Å²) in [6, 6.07) is 16.1. The summed E-state index contributed by atoms with van der Waals surface area (Å²) in [5.41, 5.74) is 4.19. The number of nitrogens with one attached hydrogen (secondary N) is 1. The Kier molecular flexibility index (Phi) is 5.28. The highest BCUT2D eigenvalue weighted by molar-refractivity contribution is 5.98. The second kappa shape index (κ2) is 7.60. The van der Waals surface area contributed by atoms with E-state index in [4.69, 9.17) is 4.74 Å². The SMILES string of the molecule is Cc1ccc(NC(=O)C(C)N2CCOCC2)c(-c2ccccc2)c1. The number of amides is 1. The first kappa shape index (κ1) is 16.7. The zero-order chi connectivity index (χ0) is 16.9.